The van der Waals surface area contributed by atoms with Gasteiger partial charge < -0.3 is 14.5 Å². The summed E-state index contributed by atoms with van der Waals surface area (Å²) in [6.45, 7) is 10.4. The zero-order chi connectivity index (χ0) is 29.8. The van der Waals surface area contributed by atoms with Crippen LogP contribution in [0, 0.1) is 11.3 Å². The molecule has 2 aliphatic carbocycles. The highest BCUT2D eigenvalue weighted by Gasteiger charge is 2.46. The molecule has 43 heavy (non-hydrogen) atoms. The molecule has 7 rings (SSSR count). The van der Waals surface area contributed by atoms with Gasteiger partial charge in [0.2, 0.25) is 5.91 Å². The van der Waals surface area contributed by atoms with Gasteiger partial charge in [-0.1, -0.05) is 36.4 Å². The summed E-state index contributed by atoms with van der Waals surface area (Å²) in [4.78, 5) is 29.4. The first-order valence-corrected chi connectivity index (χ1v) is 16.1. The van der Waals surface area contributed by atoms with Crippen LogP contribution in [0.1, 0.15) is 67.8 Å². The summed E-state index contributed by atoms with van der Waals surface area (Å²) in [5, 5.41) is 10.4. The summed E-state index contributed by atoms with van der Waals surface area (Å²) in [5.41, 5.74) is 5.77. The first-order chi connectivity index (χ1) is 20.9. The molecule has 2 aromatic rings. The first kappa shape index (κ1) is 28.4. The lowest BCUT2D eigenvalue weighted by Gasteiger charge is -2.42. The number of carbonyl (C=O) groups is 1. The van der Waals surface area contributed by atoms with Crippen LogP contribution in [0.25, 0.3) is 5.57 Å². The van der Waals surface area contributed by atoms with Crippen molar-refractivity contribution >= 4 is 28.9 Å². The van der Waals surface area contributed by atoms with Crippen LogP contribution in [0.4, 0.5) is 5.82 Å². The van der Waals surface area contributed by atoms with Gasteiger partial charge in [0.15, 0.2) is 0 Å². The largest absolute Gasteiger partial charge is 0.461 e. The molecule has 1 aromatic carbocycles. The zero-order valence-electron chi connectivity index (χ0n) is 24.9. The van der Waals surface area contributed by atoms with E-state index >= 15 is 0 Å². The van der Waals surface area contributed by atoms with E-state index < -0.39 is 0 Å². The summed E-state index contributed by atoms with van der Waals surface area (Å²) in [7, 11) is 0. The minimum Gasteiger partial charge on any atom is -0.461 e. The van der Waals surface area contributed by atoms with Crippen molar-refractivity contribution in [1.29, 1.82) is 5.26 Å². The van der Waals surface area contributed by atoms with Crippen LogP contribution in [0.5, 0.6) is 6.01 Å². The molecule has 224 valence electrons. The predicted octanol–water partition coefficient (Wildman–Crippen LogP) is 5.10. The molecule has 0 saturated carbocycles. The topological polar surface area (TPSA) is 85.6 Å². The average molecular weight is 599 g/mol. The maximum atomic E-state index is 12.6. The van der Waals surface area contributed by atoms with E-state index in [0.717, 1.165) is 72.9 Å². The molecule has 3 fully saturated rings. The Morgan fingerprint density at radius 1 is 1.21 bits per heavy atom. The molecule has 8 nitrogen and oxygen atoms in total. The van der Waals surface area contributed by atoms with Crippen molar-refractivity contribution < 1.29 is 9.53 Å². The van der Waals surface area contributed by atoms with Gasteiger partial charge in [-0.3, -0.25) is 9.69 Å². The zero-order valence-corrected chi connectivity index (χ0v) is 25.7. The van der Waals surface area contributed by atoms with Crippen LogP contribution in [0.3, 0.4) is 0 Å². The van der Waals surface area contributed by atoms with E-state index in [9.17, 15) is 10.1 Å². The number of allylic oxidation sites excluding steroid dienone is 2. The van der Waals surface area contributed by atoms with E-state index in [-0.39, 0.29) is 29.3 Å². The Labute approximate surface area is 259 Å². The fourth-order valence-corrected chi connectivity index (χ4v) is 8.93. The minimum absolute atomic E-state index is 0.0935. The molecule has 1 spiro atoms. The lowest BCUT2D eigenvalue weighted by Crippen LogP contribution is -2.55. The summed E-state index contributed by atoms with van der Waals surface area (Å²) in [6, 6.07) is 8.73. The van der Waals surface area contributed by atoms with E-state index in [2.05, 4.69) is 47.6 Å². The SMILES string of the molecule is C=CC(=O)N1CCN(c2nc(OCC34CCCN3CCC4)nc3c2CC[C@@]2(C=C(C)c4c(Cl)cccc42)C3)C[C@@H]1CC#N. The van der Waals surface area contributed by atoms with E-state index in [0.29, 0.717) is 32.3 Å². The third-order valence-electron chi connectivity index (χ3n) is 10.6. The number of benzene rings is 1. The number of nitrogens with zero attached hydrogens (tertiary/aromatic N) is 6. The molecule has 1 amide bonds. The molecule has 1 aromatic heterocycles. The van der Waals surface area contributed by atoms with Crippen LogP contribution in [0.15, 0.2) is 36.9 Å². The Balaban J connectivity index is 1.25. The standard InChI is InChI=1S/C34H39ClN6O2/c1-3-29(42)41-18-17-39(21-24(41)10-14-36)31-25-9-13-33(19-23(2)30-26(33)7-4-8-27(30)35)20-28(25)37-32(38-31)43-22-34-11-5-15-40(34)16-6-12-34/h3-4,7-8,19,24H,1,5-6,9-13,15-18,20-22H2,2H3/t24-,33+/m0/s1. The number of halogens is 1. The number of carbonyl (C=O) groups excluding carboxylic acids is 1. The van der Waals surface area contributed by atoms with Gasteiger partial charge in [0.1, 0.15) is 12.4 Å². The number of nitriles is 1. The molecule has 5 aliphatic rings. The number of hydrogen-bond donors (Lipinski definition) is 0. The van der Waals surface area contributed by atoms with Gasteiger partial charge in [-0.25, -0.2) is 0 Å². The Kier molecular flexibility index (Phi) is 7.22. The monoisotopic (exact) mass is 598 g/mol. The number of piperazine rings is 1. The number of fused-ring (bicyclic) bond motifs is 4. The molecular formula is C34H39ClN6O2. The van der Waals surface area contributed by atoms with Crippen molar-refractivity contribution in [3.05, 3.63) is 64.3 Å². The van der Waals surface area contributed by atoms with Crippen molar-refractivity contribution in [2.75, 3.05) is 44.2 Å². The summed E-state index contributed by atoms with van der Waals surface area (Å²) < 4.78 is 6.55. The molecule has 0 unspecified atom stereocenters. The highest BCUT2D eigenvalue weighted by atomic mass is 35.5. The molecule has 3 aliphatic heterocycles. The maximum Gasteiger partial charge on any atom is 0.318 e. The van der Waals surface area contributed by atoms with Crippen LogP contribution >= 0.6 is 11.6 Å². The van der Waals surface area contributed by atoms with Crippen LogP contribution < -0.4 is 9.64 Å². The van der Waals surface area contributed by atoms with Crippen molar-refractivity contribution in [2.45, 2.75) is 75.3 Å². The second kappa shape index (κ2) is 10.9. The molecular weight excluding hydrogens is 560 g/mol. The van der Waals surface area contributed by atoms with Gasteiger partial charge in [0, 0.05) is 42.1 Å². The number of rotatable bonds is 6. The number of aromatic nitrogens is 2. The van der Waals surface area contributed by atoms with Gasteiger partial charge in [0.05, 0.1) is 29.8 Å². The molecule has 3 saturated heterocycles. The quantitative estimate of drug-likeness (QED) is 0.428. The normalized spacial score (nSPS) is 25.6. The molecule has 2 atom stereocenters. The highest BCUT2D eigenvalue weighted by molar-refractivity contribution is 6.32. The van der Waals surface area contributed by atoms with Gasteiger partial charge in [-0.2, -0.15) is 15.2 Å². The van der Waals surface area contributed by atoms with Crippen LogP contribution in [0.2, 0.25) is 5.02 Å². The summed E-state index contributed by atoms with van der Waals surface area (Å²) in [5.74, 6) is 0.758. The Morgan fingerprint density at radius 2 is 2.02 bits per heavy atom. The lowest BCUT2D eigenvalue weighted by atomic mass is 9.70. The molecule has 9 heteroatoms. The highest BCUT2D eigenvalue weighted by Crippen LogP contribution is 2.51. The Bertz CT molecular complexity index is 1540. The van der Waals surface area contributed by atoms with Gasteiger partial charge in [0.25, 0.3) is 0 Å². The smallest absolute Gasteiger partial charge is 0.318 e. The number of hydrogen-bond acceptors (Lipinski definition) is 7. The number of amides is 1. The summed E-state index contributed by atoms with van der Waals surface area (Å²) in [6.07, 6.45) is 11.3. The Morgan fingerprint density at radius 3 is 2.79 bits per heavy atom. The van der Waals surface area contributed by atoms with E-state index in [1.807, 2.05) is 6.07 Å². The first-order valence-electron chi connectivity index (χ1n) is 15.7. The molecule has 4 heterocycles. The predicted molar refractivity (Wildman–Crippen MR) is 167 cm³/mol. The fourth-order valence-electron chi connectivity index (χ4n) is 8.61. The second-order valence-electron chi connectivity index (χ2n) is 13.0. The van der Waals surface area contributed by atoms with Crippen molar-refractivity contribution in [2.24, 2.45) is 0 Å². The fraction of sp³-hybridized carbons (Fsp3) is 0.529. The van der Waals surface area contributed by atoms with Gasteiger partial charge in [-0.15, -0.1) is 0 Å². The number of anilines is 1. The molecule has 0 N–H and O–H groups in total. The maximum absolute atomic E-state index is 12.6. The average Bonchev–Trinajstić information content (AvgIpc) is 3.67. The number of ether oxygens (including phenoxy) is 1. The molecule has 0 radical (unpaired) electrons. The molecule has 0 bridgehead atoms. The minimum atomic E-state index is -0.229. The lowest BCUT2D eigenvalue weighted by molar-refractivity contribution is -0.128. The van der Waals surface area contributed by atoms with Gasteiger partial charge >= 0.3 is 6.01 Å². The van der Waals surface area contributed by atoms with Gasteiger partial charge in [-0.05, 0) is 87.4 Å². The van der Waals surface area contributed by atoms with Crippen molar-refractivity contribution in [1.82, 2.24) is 19.8 Å². The van der Waals surface area contributed by atoms with E-state index in [1.165, 1.54) is 30.1 Å². The van der Waals surface area contributed by atoms with Crippen LogP contribution in [-0.4, -0.2) is 76.6 Å². The van der Waals surface area contributed by atoms with Crippen molar-refractivity contribution in [3.8, 4) is 12.1 Å². The Hall–Kier alpha value is -3.41. The van der Waals surface area contributed by atoms with E-state index in [1.54, 1.807) is 4.90 Å². The third kappa shape index (κ3) is 4.72. The van der Waals surface area contributed by atoms with E-state index in [4.69, 9.17) is 26.3 Å². The van der Waals surface area contributed by atoms with Crippen LogP contribution in [-0.2, 0) is 23.1 Å². The third-order valence-corrected chi connectivity index (χ3v) is 11.0. The second-order valence-corrected chi connectivity index (χ2v) is 13.4. The van der Waals surface area contributed by atoms with Crippen molar-refractivity contribution in [3.63, 3.8) is 0 Å². The summed E-state index contributed by atoms with van der Waals surface area (Å²) >= 11 is 6.70.